The van der Waals surface area contributed by atoms with E-state index in [9.17, 15) is 18.3 Å². The van der Waals surface area contributed by atoms with E-state index in [4.69, 9.17) is 0 Å². The van der Waals surface area contributed by atoms with Gasteiger partial charge in [0.25, 0.3) is 10.0 Å². The number of carboxylic acid groups (broad SMARTS) is 1. The van der Waals surface area contributed by atoms with Gasteiger partial charge in [0, 0.05) is 5.39 Å². The number of thiophene rings is 1. The average molecular weight is 420 g/mol. The minimum absolute atomic E-state index is 0.183. The van der Waals surface area contributed by atoms with Crippen molar-refractivity contribution < 1.29 is 18.3 Å². The van der Waals surface area contributed by atoms with Crippen molar-refractivity contribution in [3.63, 3.8) is 0 Å². The summed E-state index contributed by atoms with van der Waals surface area (Å²) in [6.45, 7) is 1.65. The van der Waals surface area contributed by atoms with E-state index >= 15 is 0 Å². The summed E-state index contributed by atoms with van der Waals surface area (Å²) in [5.74, 6) is -1.02. The first-order chi connectivity index (χ1) is 12.8. The van der Waals surface area contributed by atoms with Gasteiger partial charge in [0.1, 0.15) is 14.1 Å². The molecular formula is C17H13N3O4S3. The average Bonchev–Trinajstić information content (AvgIpc) is 3.33. The number of aromatic carboxylic acids is 1. The Morgan fingerprint density at radius 1 is 1.26 bits per heavy atom. The minimum Gasteiger partial charge on any atom is -0.477 e. The Hall–Kier alpha value is -2.69. The molecule has 0 spiro atoms. The summed E-state index contributed by atoms with van der Waals surface area (Å²) in [7, 11) is -3.67. The van der Waals surface area contributed by atoms with Gasteiger partial charge in [-0.15, -0.1) is 22.7 Å². The predicted octanol–water partition coefficient (Wildman–Crippen LogP) is 4.16. The third-order valence-electron chi connectivity index (χ3n) is 3.88. The molecule has 0 fully saturated rings. The molecule has 0 atom stereocenters. The number of hydrogen-bond acceptors (Lipinski definition) is 6. The van der Waals surface area contributed by atoms with Gasteiger partial charge in [0.05, 0.1) is 22.6 Å². The number of aryl methyl sites for hydroxylation is 1. The lowest BCUT2D eigenvalue weighted by Crippen LogP contribution is -2.11. The molecule has 3 heterocycles. The maximum atomic E-state index is 12.5. The molecule has 0 aliphatic carbocycles. The van der Waals surface area contributed by atoms with Crippen LogP contribution in [0.15, 0.2) is 46.0 Å². The van der Waals surface area contributed by atoms with Crippen LogP contribution in [0.4, 0.5) is 5.69 Å². The van der Waals surface area contributed by atoms with Gasteiger partial charge in [0.2, 0.25) is 0 Å². The molecule has 0 radical (unpaired) electrons. The number of H-pyrrole nitrogens is 1. The summed E-state index contributed by atoms with van der Waals surface area (Å²) in [5, 5.41) is 12.2. The number of nitrogens with zero attached hydrogens (tertiary/aromatic N) is 1. The highest BCUT2D eigenvalue weighted by molar-refractivity contribution is 7.94. The van der Waals surface area contributed by atoms with Crippen LogP contribution in [-0.4, -0.2) is 29.5 Å². The number of rotatable bonds is 5. The predicted molar refractivity (Wildman–Crippen MR) is 106 cm³/mol. The lowest BCUT2D eigenvalue weighted by atomic mass is 10.2. The number of carbonyl (C=O) groups is 1. The zero-order valence-electron chi connectivity index (χ0n) is 13.9. The smallest absolute Gasteiger partial charge is 0.347 e. The van der Waals surface area contributed by atoms with Crippen LogP contribution >= 0.6 is 22.7 Å². The quantitative estimate of drug-likeness (QED) is 0.450. The van der Waals surface area contributed by atoms with Crippen molar-refractivity contribution in [3.8, 4) is 10.7 Å². The van der Waals surface area contributed by atoms with E-state index in [2.05, 4.69) is 14.7 Å². The van der Waals surface area contributed by atoms with Crippen molar-refractivity contribution in [2.45, 2.75) is 11.1 Å². The number of aromatic nitrogens is 2. The van der Waals surface area contributed by atoms with E-state index in [1.807, 2.05) is 12.1 Å². The number of carboxylic acids is 1. The van der Waals surface area contributed by atoms with Crippen LogP contribution in [0.5, 0.6) is 0 Å². The molecular weight excluding hydrogens is 406 g/mol. The molecule has 0 aliphatic heterocycles. The van der Waals surface area contributed by atoms with Crippen LogP contribution in [0.1, 0.15) is 15.4 Å². The van der Waals surface area contributed by atoms with Gasteiger partial charge in [-0.2, -0.15) is 0 Å². The second kappa shape index (κ2) is 6.48. The maximum Gasteiger partial charge on any atom is 0.347 e. The van der Waals surface area contributed by atoms with Crippen LogP contribution < -0.4 is 4.72 Å². The number of anilines is 1. The molecule has 0 unspecified atom stereocenters. The molecule has 3 aromatic heterocycles. The number of para-hydroxylation sites is 1. The third kappa shape index (κ3) is 3.22. The van der Waals surface area contributed by atoms with Crippen LogP contribution in [0.3, 0.4) is 0 Å². The first kappa shape index (κ1) is 17.7. The van der Waals surface area contributed by atoms with Crippen LogP contribution in [0.2, 0.25) is 0 Å². The molecule has 0 aliphatic rings. The fourth-order valence-electron chi connectivity index (χ4n) is 2.68. The molecule has 1 aromatic carbocycles. The largest absolute Gasteiger partial charge is 0.477 e. The molecule has 4 aromatic rings. The molecule has 4 rings (SSSR count). The first-order valence-corrected chi connectivity index (χ1v) is 10.9. The zero-order chi connectivity index (χ0) is 19.2. The second-order valence-electron chi connectivity index (χ2n) is 5.73. The van der Waals surface area contributed by atoms with E-state index in [0.29, 0.717) is 27.6 Å². The summed E-state index contributed by atoms with van der Waals surface area (Å²) in [4.78, 5) is 18.9. The highest BCUT2D eigenvalue weighted by atomic mass is 32.2. The highest BCUT2D eigenvalue weighted by Crippen LogP contribution is 2.33. The van der Waals surface area contributed by atoms with Gasteiger partial charge < -0.3 is 10.1 Å². The molecule has 7 nitrogen and oxygen atoms in total. The molecule has 10 heteroatoms. The summed E-state index contributed by atoms with van der Waals surface area (Å²) in [6.07, 6.45) is 0. The summed E-state index contributed by atoms with van der Waals surface area (Å²) >= 11 is 2.21. The van der Waals surface area contributed by atoms with Gasteiger partial charge in [0.15, 0.2) is 0 Å². The third-order valence-corrected chi connectivity index (χ3v) is 7.82. The number of sulfonamides is 1. The molecule has 0 saturated heterocycles. The van der Waals surface area contributed by atoms with E-state index in [-0.39, 0.29) is 9.09 Å². The van der Waals surface area contributed by atoms with E-state index < -0.39 is 16.0 Å². The van der Waals surface area contributed by atoms with Gasteiger partial charge >= 0.3 is 5.97 Å². The number of aromatic amines is 1. The van der Waals surface area contributed by atoms with Crippen molar-refractivity contribution in [3.05, 3.63) is 52.3 Å². The van der Waals surface area contributed by atoms with Crippen molar-refractivity contribution in [2.24, 2.45) is 0 Å². The van der Waals surface area contributed by atoms with Crippen molar-refractivity contribution in [2.75, 3.05) is 4.72 Å². The zero-order valence-corrected chi connectivity index (χ0v) is 16.3. The molecule has 138 valence electrons. The van der Waals surface area contributed by atoms with Crippen molar-refractivity contribution in [1.29, 1.82) is 0 Å². The van der Waals surface area contributed by atoms with Gasteiger partial charge in [-0.25, -0.2) is 18.2 Å². The Bertz CT molecular complexity index is 1250. The fourth-order valence-corrected chi connectivity index (χ4v) is 5.62. The van der Waals surface area contributed by atoms with Gasteiger partial charge in [-0.3, -0.25) is 4.72 Å². The van der Waals surface area contributed by atoms with Crippen LogP contribution in [0, 0.1) is 6.92 Å². The van der Waals surface area contributed by atoms with E-state index in [1.54, 1.807) is 36.6 Å². The van der Waals surface area contributed by atoms with Gasteiger partial charge in [-0.05, 0) is 30.5 Å². The number of thiazole rings is 1. The summed E-state index contributed by atoms with van der Waals surface area (Å²) < 4.78 is 27.9. The number of hydrogen-bond donors (Lipinski definition) is 3. The molecule has 3 N–H and O–H groups in total. The lowest BCUT2D eigenvalue weighted by Gasteiger charge is -2.07. The molecule has 27 heavy (non-hydrogen) atoms. The topological polar surface area (TPSA) is 112 Å². The molecule has 0 bridgehead atoms. The van der Waals surface area contributed by atoms with Crippen LogP contribution in [-0.2, 0) is 10.0 Å². The number of fused-ring (bicyclic) bond motifs is 1. The normalized spacial score (nSPS) is 11.7. The number of nitrogens with one attached hydrogen (secondary N) is 2. The highest BCUT2D eigenvalue weighted by Gasteiger charge is 2.19. The van der Waals surface area contributed by atoms with Gasteiger partial charge in [-0.1, -0.05) is 18.2 Å². The summed E-state index contributed by atoms with van der Waals surface area (Å²) in [6, 6.07) is 10.3. The Labute approximate surface area is 162 Å². The second-order valence-corrected chi connectivity index (χ2v) is 9.59. The van der Waals surface area contributed by atoms with E-state index in [1.165, 1.54) is 0 Å². The van der Waals surface area contributed by atoms with Crippen LogP contribution in [0.25, 0.3) is 21.6 Å². The SMILES string of the molecule is Cc1nc(-c2cc3cccc(NS(=O)(=O)c4cccs4)c3[nH]2)sc1C(=O)O. The number of benzene rings is 1. The maximum absolute atomic E-state index is 12.5. The standard InChI is InChI=1S/C17H13N3O4S3/c1-9-15(17(21)22)26-16(18-9)12-8-10-4-2-5-11(14(10)19-12)20-27(23,24)13-6-3-7-25-13/h2-8,19-20H,1H3,(H,21,22). The Kier molecular flexibility index (Phi) is 4.25. The summed E-state index contributed by atoms with van der Waals surface area (Å²) in [5.41, 5.74) is 2.10. The molecule has 0 saturated carbocycles. The Morgan fingerprint density at radius 2 is 2.07 bits per heavy atom. The van der Waals surface area contributed by atoms with E-state index in [0.717, 1.165) is 28.1 Å². The molecule has 0 amide bonds. The minimum atomic E-state index is -3.67. The van der Waals surface area contributed by atoms with Crippen molar-refractivity contribution in [1.82, 2.24) is 9.97 Å². The Balaban J connectivity index is 1.77. The first-order valence-electron chi connectivity index (χ1n) is 7.74. The fraction of sp³-hybridized carbons (Fsp3) is 0.0588. The Morgan fingerprint density at radius 3 is 2.74 bits per heavy atom. The lowest BCUT2D eigenvalue weighted by molar-refractivity contribution is 0.0701. The monoisotopic (exact) mass is 419 g/mol. The van der Waals surface area contributed by atoms with Crippen molar-refractivity contribution >= 4 is 55.3 Å².